The first-order valence-electron chi connectivity index (χ1n) is 7.75. The van der Waals surface area contributed by atoms with E-state index in [4.69, 9.17) is 0 Å². The summed E-state index contributed by atoms with van der Waals surface area (Å²) in [6, 6.07) is 6.77. The Labute approximate surface area is 122 Å². The van der Waals surface area contributed by atoms with Gasteiger partial charge in [-0.05, 0) is 51.3 Å². The van der Waals surface area contributed by atoms with Crippen molar-refractivity contribution in [2.75, 3.05) is 24.5 Å². The number of piperidine rings is 1. The van der Waals surface area contributed by atoms with Gasteiger partial charge in [0.25, 0.3) is 0 Å². The molecule has 20 heavy (non-hydrogen) atoms. The molecule has 2 heterocycles. The largest absolute Gasteiger partial charge is 0.371 e. The van der Waals surface area contributed by atoms with Gasteiger partial charge in [-0.15, -0.1) is 0 Å². The number of likely N-dealkylation sites (tertiary alicyclic amines) is 1. The first-order valence-corrected chi connectivity index (χ1v) is 7.75. The van der Waals surface area contributed by atoms with Crippen LogP contribution in [-0.4, -0.2) is 24.5 Å². The topological polar surface area (TPSA) is 6.48 Å². The Bertz CT molecular complexity index is 551. The maximum absolute atomic E-state index is 4.26. The van der Waals surface area contributed by atoms with Crippen LogP contribution in [0.5, 0.6) is 0 Å². The van der Waals surface area contributed by atoms with Crippen molar-refractivity contribution in [3.05, 3.63) is 47.7 Å². The van der Waals surface area contributed by atoms with Crippen molar-refractivity contribution in [3.63, 3.8) is 0 Å². The van der Waals surface area contributed by atoms with Gasteiger partial charge in [0.1, 0.15) is 0 Å². The van der Waals surface area contributed by atoms with E-state index in [0.717, 1.165) is 12.2 Å². The van der Waals surface area contributed by atoms with Gasteiger partial charge in [0.15, 0.2) is 0 Å². The van der Waals surface area contributed by atoms with Crippen molar-refractivity contribution < 1.29 is 0 Å². The molecule has 0 atom stereocenters. The number of nitrogens with zero attached hydrogens (tertiary/aromatic N) is 2. The molecule has 0 aliphatic carbocycles. The Kier molecular flexibility index (Phi) is 3.56. The van der Waals surface area contributed by atoms with Gasteiger partial charge in [0.2, 0.25) is 0 Å². The molecule has 0 amide bonds. The molecule has 2 heteroatoms. The van der Waals surface area contributed by atoms with Crippen molar-refractivity contribution in [1.82, 2.24) is 4.90 Å². The molecule has 0 N–H and O–H groups in total. The summed E-state index contributed by atoms with van der Waals surface area (Å²) in [5.74, 6) is 0. The van der Waals surface area contributed by atoms with E-state index >= 15 is 0 Å². The molecule has 0 aromatic heterocycles. The molecular formula is C18H24N2. The van der Waals surface area contributed by atoms with Gasteiger partial charge < -0.3 is 9.80 Å². The zero-order valence-corrected chi connectivity index (χ0v) is 12.7. The zero-order chi connectivity index (χ0) is 14.1. The van der Waals surface area contributed by atoms with E-state index in [1.54, 1.807) is 0 Å². The molecule has 0 spiro atoms. The number of fused-ring (bicyclic) bond motifs is 1. The van der Waals surface area contributed by atoms with Crippen LogP contribution < -0.4 is 4.90 Å². The first kappa shape index (κ1) is 13.3. The van der Waals surface area contributed by atoms with Gasteiger partial charge in [0.05, 0.1) is 5.69 Å². The van der Waals surface area contributed by atoms with E-state index in [1.807, 2.05) is 0 Å². The first-order chi connectivity index (χ1) is 9.70. The molecule has 3 rings (SSSR count). The van der Waals surface area contributed by atoms with Crippen molar-refractivity contribution in [2.24, 2.45) is 0 Å². The average Bonchev–Trinajstić information content (AvgIpc) is 2.48. The van der Waals surface area contributed by atoms with Crippen LogP contribution in [0.25, 0.3) is 5.70 Å². The van der Waals surface area contributed by atoms with Crippen LogP contribution >= 0.6 is 0 Å². The molecule has 0 saturated carbocycles. The van der Waals surface area contributed by atoms with Gasteiger partial charge in [-0.25, -0.2) is 0 Å². The number of hydrogen-bond donors (Lipinski definition) is 0. The number of rotatable bonds is 2. The second-order valence-electron chi connectivity index (χ2n) is 5.83. The molecule has 1 aromatic carbocycles. The monoisotopic (exact) mass is 268 g/mol. The van der Waals surface area contributed by atoms with Crippen LogP contribution in [0.3, 0.4) is 0 Å². The Balaban J connectivity index is 2.06. The molecule has 0 radical (unpaired) electrons. The lowest BCUT2D eigenvalue weighted by molar-refractivity contribution is 0.325. The van der Waals surface area contributed by atoms with Crippen LogP contribution in [0, 0.1) is 6.92 Å². The summed E-state index contributed by atoms with van der Waals surface area (Å²) in [5, 5.41) is 0. The number of aryl methyl sites for hydroxylation is 1. The molecule has 106 valence electrons. The van der Waals surface area contributed by atoms with Gasteiger partial charge in [0, 0.05) is 36.6 Å². The molecule has 1 fully saturated rings. The lowest BCUT2D eigenvalue weighted by Gasteiger charge is -2.38. The predicted molar refractivity (Wildman–Crippen MR) is 86.7 cm³/mol. The van der Waals surface area contributed by atoms with Gasteiger partial charge in [-0.3, -0.25) is 0 Å². The summed E-state index contributed by atoms with van der Waals surface area (Å²) < 4.78 is 0. The number of benzene rings is 1. The summed E-state index contributed by atoms with van der Waals surface area (Å²) >= 11 is 0. The highest BCUT2D eigenvalue weighted by molar-refractivity contribution is 5.83. The molecule has 0 unspecified atom stereocenters. The maximum atomic E-state index is 4.26. The minimum Gasteiger partial charge on any atom is -0.371 e. The van der Waals surface area contributed by atoms with E-state index < -0.39 is 0 Å². The number of anilines is 1. The third-order valence-electron chi connectivity index (χ3n) is 4.38. The summed E-state index contributed by atoms with van der Waals surface area (Å²) in [5.41, 5.74) is 6.50. The number of hydrogen-bond acceptors (Lipinski definition) is 2. The Hall–Kier alpha value is -1.70. The highest BCUT2D eigenvalue weighted by Crippen LogP contribution is 2.38. The van der Waals surface area contributed by atoms with Crippen LogP contribution in [0.15, 0.2) is 36.6 Å². The van der Waals surface area contributed by atoms with Crippen molar-refractivity contribution in [2.45, 2.75) is 33.1 Å². The number of allylic oxidation sites excluding steroid dienone is 1. The molecule has 2 aliphatic rings. The Morgan fingerprint density at radius 3 is 2.60 bits per heavy atom. The average molecular weight is 268 g/mol. The van der Waals surface area contributed by atoms with E-state index in [9.17, 15) is 0 Å². The van der Waals surface area contributed by atoms with Crippen molar-refractivity contribution >= 4 is 11.4 Å². The van der Waals surface area contributed by atoms with Crippen LogP contribution in [0.2, 0.25) is 0 Å². The van der Waals surface area contributed by atoms with E-state index in [-0.39, 0.29) is 0 Å². The summed E-state index contributed by atoms with van der Waals surface area (Å²) in [6.07, 6.45) is 6.26. The fourth-order valence-corrected chi connectivity index (χ4v) is 3.33. The van der Waals surface area contributed by atoms with E-state index in [1.165, 1.54) is 54.9 Å². The quantitative estimate of drug-likeness (QED) is 0.794. The molecular weight excluding hydrogens is 244 g/mol. The zero-order valence-electron chi connectivity index (χ0n) is 12.7. The van der Waals surface area contributed by atoms with E-state index in [2.05, 4.69) is 54.5 Å². The second-order valence-corrected chi connectivity index (χ2v) is 5.83. The Morgan fingerprint density at radius 2 is 1.90 bits per heavy atom. The SMILES string of the molecule is C=C1C=C(N2CCCCC2)c2cc(C)ccc2N1CC. The molecule has 2 nitrogen and oxygen atoms in total. The minimum absolute atomic E-state index is 0.971. The summed E-state index contributed by atoms with van der Waals surface area (Å²) in [7, 11) is 0. The standard InChI is InChI=1S/C18H24N2/c1-4-20-15(3)13-18(19-10-6-5-7-11-19)16-12-14(2)8-9-17(16)20/h8-9,12-13H,3-7,10-11H2,1-2H3. The van der Waals surface area contributed by atoms with Gasteiger partial charge in [-0.2, -0.15) is 0 Å². The predicted octanol–water partition coefficient (Wildman–Crippen LogP) is 4.18. The summed E-state index contributed by atoms with van der Waals surface area (Å²) in [4.78, 5) is 4.85. The molecule has 2 aliphatic heterocycles. The molecule has 1 aromatic rings. The van der Waals surface area contributed by atoms with Crippen molar-refractivity contribution in [3.8, 4) is 0 Å². The second kappa shape index (κ2) is 5.35. The summed E-state index contributed by atoms with van der Waals surface area (Å²) in [6.45, 7) is 11.9. The van der Waals surface area contributed by atoms with E-state index in [0.29, 0.717) is 0 Å². The maximum Gasteiger partial charge on any atom is 0.0505 e. The van der Waals surface area contributed by atoms with Crippen LogP contribution in [-0.2, 0) is 0 Å². The highest BCUT2D eigenvalue weighted by atomic mass is 15.2. The molecule has 0 bridgehead atoms. The van der Waals surface area contributed by atoms with Gasteiger partial charge in [-0.1, -0.05) is 18.2 Å². The smallest absolute Gasteiger partial charge is 0.0505 e. The minimum atomic E-state index is 0.971. The van der Waals surface area contributed by atoms with Crippen molar-refractivity contribution in [1.29, 1.82) is 0 Å². The third-order valence-corrected chi connectivity index (χ3v) is 4.38. The third kappa shape index (κ3) is 2.24. The lowest BCUT2D eigenvalue weighted by atomic mass is 9.98. The highest BCUT2D eigenvalue weighted by Gasteiger charge is 2.24. The molecule has 1 saturated heterocycles. The van der Waals surface area contributed by atoms with Gasteiger partial charge >= 0.3 is 0 Å². The van der Waals surface area contributed by atoms with Crippen LogP contribution in [0.4, 0.5) is 5.69 Å². The fourth-order valence-electron chi connectivity index (χ4n) is 3.33. The Morgan fingerprint density at radius 1 is 1.15 bits per heavy atom. The van der Waals surface area contributed by atoms with Crippen LogP contribution in [0.1, 0.15) is 37.3 Å². The number of likely N-dealkylation sites (N-methyl/N-ethyl adjacent to an activating group) is 1. The lowest BCUT2D eigenvalue weighted by Crippen LogP contribution is -2.33. The normalized spacial score (nSPS) is 18.9. The fraction of sp³-hybridized carbons (Fsp3) is 0.444.